The van der Waals surface area contributed by atoms with Crippen LogP contribution in [0, 0.1) is 10.1 Å². The van der Waals surface area contributed by atoms with Crippen molar-refractivity contribution in [3.05, 3.63) is 56.4 Å². The predicted molar refractivity (Wildman–Crippen MR) is 76.2 cm³/mol. The molecule has 1 N–H and O–H groups in total. The molecule has 0 bridgehead atoms. The molecule has 0 unspecified atom stereocenters. The van der Waals surface area contributed by atoms with E-state index in [0.717, 1.165) is 23.6 Å². The van der Waals surface area contributed by atoms with Gasteiger partial charge in [-0.2, -0.15) is 0 Å². The third kappa shape index (κ3) is 3.35. The van der Waals surface area contributed by atoms with Gasteiger partial charge in [0.05, 0.1) is 15.9 Å². The average molecular weight is 325 g/mol. The van der Waals surface area contributed by atoms with Crippen LogP contribution in [0.5, 0.6) is 0 Å². The van der Waals surface area contributed by atoms with Crippen LogP contribution in [0.1, 0.15) is 18.4 Å². The molecule has 100 valence electrons. The lowest BCUT2D eigenvalue weighted by molar-refractivity contribution is -0.385. The number of halogens is 1. The summed E-state index contributed by atoms with van der Waals surface area (Å²) in [6.07, 6.45) is 0.864. The van der Waals surface area contributed by atoms with E-state index >= 15 is 0 Å². The third-order valence-electron chi connectivity index (χ3n) is 2.68. The van der Waals surface area contributed by atoms with Crippen LogP contribution in [0.2, 0.25) is 0 Å². The second kappa shape index (κ2) is 5.88. The number of rotatable bonds is 5. The van der Waals surface area contributed by atoms with Gasteiger partial charge in [0.15, 0.2) is 0 Å². The van der Waals surface area contributed by atoms with Gasteiger partial charge in [0, 0.05) is 18.2 Å². The number of nitrogens with zero attached hydrogens (tertiary/aromatic N) is 1. The molecular formula is C13H13BrN2O3. The minimum absolute atomic E-state index is 0.0526. The molecule has 0 atom stereocenters. The molecule has 0 saturated heterocycles. The van der Waals surface area contributed by atoms with E-state index in [9.17, 15) is 10.1 Å². The Kier molecular flexibility index (Phi) is 4.21. The molecule has 0 amide bonds. The largest absolute Gasteiger partial charge is 0.464 e. The first-order valence-electron chi connectivity index (χ1n) is 5.85. The first kappa shape index (κ1) is 13.6. The van der Waals surface area contributed by atoms with Crippen LogP contribution in [0.3, 0.4) is 0 Å². The van der Waals surface area contributed by atoms with E-state index in [0.29, 0.717) is 11.0 Å². The molecular weight excluding hydrogens is 312 g/mol. The van der Waals surface area contributed by atoms with Crippen molar-refractivity contribution in [3.8, 4) is 0 Å². The van der Waals surface area contributed by atoms with Crippen LogP contribution in [-0.4, -0.2) is 4.92 Å². The lowest BCUT2D eigenvalue weighted by Gasteiger charge is -2.05. The van der Waals surface area contributed by atoms with Crippen molar-refractivity contribution in [3.63, 3.8) is 0 Å². The van der Waals surface area contributed by atoms with Gasteiger partial charge < -0.3 is 9.73 Å². The Bertz CT molecular complexity index is 595. The summed E-state index contributed by atoms with van der Waals surface area (Å²) in [5, 5.41) is 13.8. The van der Waals surface area contributed by atoms with Crippen molar-refractivity contribution in [1.82, 2.24) is 0 Å². The summed E-state index contributed by atoms with van der Waals surface area (Å²) in [5.41, 5.74) is 0.851. The van der Waals surface area contributed by atoms with Crippen molar-refractivity contribution in [2.75, 3.05) is 5.32 Å². The fourth-order valence-corrected chi connectivity index (χ4v) is 2.19. The maximum Gasteiger partial charge on any atom is 0.283 e. The number of nitrogens with one attached hydrogen (secondary N) is 1. The van der Waals surface area contributed by atoms with E-state index in [1.807, 2.05) is 19.1 Å². The first-order valence-corrected chi connectivity index (χ1v) is 6.65. The Morgan fingerprint density at radius 3 is 2.63 bits per heavy atom. The summed E-state index contributed by atoms with van der Waals surface area (Å²) >= 11 is 3.18. The maximum absolute atomic E-state index is 10.7. The second-order valence-corrected chi connectivity index (χ2v) is 4.85. The van der Waals surface area contributed by atoms with E-state index in [-0.39, 0.29) is 5.69 Å². The van der Waals surface area contributed by atoms with Crippen molar-refractivity contribution in [2.45, 2.75) is 19.9 Å². The standard InChI is InChI=1S/C13H13BrN2O3/c1-2-10-4-5-11(19-10)8-15-9-3-6-13(16(17)18)12(14)7-9/h3-7,15H,2,8H2,1H3. The summed E-state index contributed by atoms with van der Waals surface area (Å²) in [7, 11) is 0. The topological polar surface area (TPSA) is 68.3 Å². The Balaban J connectivity index is 2.03. The Hall–Kier alpha value is -1.82. The monoisotopic (exact) mass is 324 g/mol. The molecule has 2 rings (SSSR count). The molecule has 0 aliphatic carbocycles. The molecule has 0 aliphatic rings. The van der Waals surface area contributed by atoms with Crippen molar-refractivity contribution < 1.29 is 9.34 Å². The number of aryl methyl sites for hydroxylation is 1. The lowest BCUT2D eigenvalue weighted by atomic mass is 10.3. The molecule has 0 aliphatic heterocycles. The van der Waals surface area contributed by atoms with Gasteiger partial charge >= 0.3 is 0 Å². The zero-order valence-corrected chi connectivity index (χ0v) is 11.9. The molecule has 0 saturated carbocycles. The van der Waals surface area contributed by atoms with Gasteiger partial charge in [-0.1, -0.05) is 6.92 Å². The van der Waals surface area contributed by atoms with Crippen LogP contribution in [0.4, 0.5) is 11.4 Å². The minimum Gasteiger partial charge on any atom is -0.464 e. The van der Waals surface area contributed by atoms with Crippen LogP contribution in [0.25, 0.3) is 0 Å². The van der Waals surface area contributed by atoms with Gasteiger partial charge in [0.2, 0.25) is 0 Å². The van der Waals surface area contributed by atoms with Gasteiger partial charge in [0.25, 0.3) is 5.69 Å². The maximum atomic E-state index is 10.7. The van der Waals surface area contributed by atoms with Crippen LogP contribution < -0.4 is 5.32 Å². The quantitative estimate of drug-likeness (QED) is 0.663. The number of hydrogen-bond donors (Lipinski definition) is 1. The van der Waals surface area contributed by atoms with Crippen molar-refractivity contribution in [2.24, 2.45) is 0 Å². The summed E-state index contributed by atoms with van der Waals surface area (Å²) in [5.74, 6) is 1.79. The fourth-order valence-electron chi connectivity index (χ4n) is 1.66. The molecule has 2 aromatic rings. The smallest absolute Gasteiger partial charge is 0.283 e. The Morgan fingerprint density at radius 1 is 1.32 bits per heavy atom. The third-order valence-corrected chi connectivity index (χ3v) is 3.31. The number of hydrogen-bond acceptors (Lipinski definition) is 4. The number of nitro benzene ring substituents is 1. The summed E-state index contributed by atoms with van der Waals surface area (Å²) < 4.78 is 6.02. The lowest BCUT2D eigenvalue weighted by Crippen LogP contribution is -1.99. The van der Waals surface area contributed by atoms with E-state index in [1.54, 1.807) is 12.1 Å². The van der Waals surface area contributed by atoms with Gasteiger partial charge in [0.1, 0.15) is 11.5 Å². The highest BCUT2D eigenvalue weighted by molar-refractivity contribution is 9.10. The highest BCUT2D eigenvalue weighted by Crippen LogP contribution is 2.27. The van der Waals surface area contributed by atoms with E-state index in [1.165, 1.54) is 6.07 Å². The van der Waals surface area contributed by atoms with Gasteiger partial charge in [-0.05, 0) is 40.2 Å². The molecule has 0 spiro atoms. The minimum atomic E-state index is -0.423. The predicted octanol–water partition coefficient (Wildman–Crippen LogP) is 4.12. The second-order valence-electron chi connectivity index (χ2n) is 4.00. The van der Waals surface area contributed by atoms with Crippen LogP contribution in [0.15, 0.2) is 39.2 Å². The van der Waals surface area contributed by atoms with Crippen molar-refractivity contribution >= 4 is 27.3 Å². The van der Waals surface area contributed by atoms with Gasteiger partial charge in [-0.15, -0.1) is 0 Å². The fraction of sp³-hybridized carbons (Fsp3) is 0.231. The molecule has 0 fully saturated rings. The van der Waals surface area contributed by atoms with Gasteiger partial charge in [-0.25, -0.2) is 0 Å². The zero-order chi connectivity index (χ0) is 13.8. The number of furan rings is 1. The molecule has 1 aromatic heterocycles. The molecule has 0 radical (unpaired) electrons. The first-order chi connectivity index (χ1) is 9.10. The molecule has 19 heavy (non-hydrogen) atoms. The average Bonchev–Trinajstić information content (AvgIpc) is 2.84. The summed E-state index contributed by atoms with van der Waals surface area (Å²) in [4.78, 5) is 10.3. The zero-order valence-electron chi connectivity index (χ0n) is 10.4. The van der Waals surface area contributed by atoms with Crippen molar-refractivity contribution in [1.29, 1.82) is 0 Å². The molecule has 5 nitrogen and oxygen atoms in total. The summed E-state index contributed by atoms with van der Waals surface area (Å²) in [6.45, 7) is 2.58. The summed E-state index contributed by atoms with van der Waals surface area (Å²) in [6, 6.07) is 8.69. The van der Waals surface area contributed by atoms with E-state index in [2.05, 4.69) is 21.2 Å². The van der Waals surface area contributed by atoms with Crippen LogP contribution in [-0.2, 0) is 13.0 Å². The number of nitro groups is 1. The molecule has 1 heterocycles. The SMILES string of the molecule is CCc1ccc(CNc2ccc([N+](=O)[O-])c(Br)c2)o1. The van der Waals surface area contributed by atoms with Crippen LogP contribution >= 0.6 is 15.9 Å². The highest BCUT2D eigenvalue weighted by Gasteiger charge is 2.11. The number of anilines is 1. The Labute approximate surface area is 118 Å². The Morgan fingerprint density at radius 2 is 2.05 bits per heavy atom. The van der Waals surface area contributed by atoms with E-state index in [4.69, 9.17) is 4.42 Å². The normalized spacial score (nSPS) is 10.4. The van der Waals surface area contributed by atoms with Gasteiger partial charge in [-0.3, -0.25) is 10.1 Å². The molecule has 6 heteroatoms. The highest BCUT2D eigenvalue weighted by atomic mass is 79.9. The van der Waals surface area contributed by atoms with E-state index < -0.39 is 4.92 Å². The molecule has 1 aromatic carbocycles. The number of benzene rings is 1.